The third-order valence-corrected chi connectivity index (χ3v) is 3.90. The number of aliphatic hydroxyl groups is 1. The van der Waals surface area contributed by atoms with Gasteiger partial charge in [0.25, 0.3) is 0 Å². The molecular weight excluding hydrogens is 283 g/mol. The molecule has 0 amide bonds. The van der Waals surface area contributed by atoms with Crippen LogP contribution in [0.1, 0.15) is 18.9 Å². The van der Waals surface area contributed by atoms with Gasteiger partial charge in [0.2, 0.25) is 0 Å². The van der Waals surface area contributed by atoms with Crippen LogP contribution in [-0.2, 0) is 6.18 Å². The summed E-state index contributed by atoms with van der Waals surface area (Å²) in [5.41, 5.74) is -0.807. The topological polar surface area (TPSA) is 32.7 Å². The van der Waals surface area contributed by atoms with Crippen molar-refractivity contribution < 1.29 is 23.0 Å². The van der Waals surface area contributed by atoms with Gasteiger partial charge in [-0.1, -0.05) is 19.1 Å². The fourth-order valence-electron chi connectivity index (χ4n) is 2.60. The summed E-state index contributed by atoms with van der Waals surface area (Å²) in [6.07, 6.45) is -4.35. The minimum Gasteiger partial charge on any atom is -0.490 e. The van der Waals surface area contributed by atoms with Crippen LogP contribution in [0.15, 0.2) is 24.3 Å². The molecule has 0 aromatic heterocycles. The van der Waals surface area contributed by atoms with Gasteiger partial charge in [-0.25, -0.2) is 0 Å². The minimum atomic E-state index is -4.45. The monoisotopic (exact) mass is 303 g/mol. The van der Waals surface area contributed by atoms with Gasteiger partial charge in [-0.3, -0.25) is 0 Å². The van der Waals surface area contributed by atoms with Crippen molar-refractivity contribution >= 4 is 0 Å². The number of halogens is 3. The number of hydrogen-bond acceptors (Lipinski definition) is 3. The second kappa shape index (κ2) is 6.66. The maximum absolute atomic E-state index is 12.8. The average molecular weight is 303 g/mol. The molecular formula is C15H20F3NO2. The fourth-order valence-corrected chi connectivity index (χ4v) is 2.60. The number of likely N-dealkylation sites (tertiary alicyclic amines) is 1. The predicted molar refractivity (Wildman–Crippen MR) is 73.2 cm³/mol. The number of rotatable bonds is 5. The zero-order valence-corrected chi connectivity index (χ0v) is 11.9. The lowest BCUT2D eigenvalue weighted by Gasteiger charge is -2.20. The second-order valence-corrected chi connectivity index (χ2v) is 5.31. The van der Waals surface area contributed by atoms with Crippen molar-refractivity contribution in [1.82, 2.24) is 4.90 Å². The van der Waals surface area contributed by atoms with Crippen molar-refractivity contribution in [2.24, 2.45) is 5.92 Å². The highest BCUT2D eigenvalue weighted by Gasteiger charge is 2.34. The van der Waals surface area contributed by atoms with E-state index in [0.717, 1.165) is 32.1 Å². The van der Waals surface area contributed by atoms with E-state index >= 15 is 0 Å². The lowest BCUT2D eigenvalue weighted by atomic mass is 10.0. The Morgan fingerprint density at radius 3 is 2.71 bits per heavy atom. The molecule has 21 heavy (non-hydrogen) atoms. The highest BCUT2D eigenvalue weighted by molar-refractivity contribution is 5.35. The van der Waals surface area contributed by atoms with Crippen molar-refractivity contribution in [2.75, 3.05) is 26.2 Å². The number of aliphatic hydroxyl groups excluding tert-OH is 1. The molecule has 1 aromatic carbocycles. The molecule has 1 aliphatic heterocycles. The van der Waals surface area contributed by atoms with Gasteiger partial charge < -0.3 is 14.7 Å². The zero-order valence-electron chi connectivity index (χ0n) is 11.9. The maximum Gasteiger partial charge on any atom is 0.419 e. The molecule has 1 saturated heterocycles. The first-order valence-corrected chi connectivity index (χ1v) is 7.11. The van der Waals surface area contributed by atoms with Crippen LogP contribution in [0.3, 0.4) is 0 Å². The largest absolute Gasteiger partial charge is 0.490 e. The van der Waals surface area contributed by atoms with E-state index < -0.39 is 17.8 Å². The Hall–Kier alpha value is -1.27. The molecule has 0 aliphatic carbocycles. The summed E-state index contributed by atoms with van der Waals surface area (Å²) >= 11 is 0. The molecule has 3 nitrogen and oxygen atoms in total. The number of benzene rings is 1. The molecule has 1 heterocycles. The molecule has 1 aliphatic rings. The van der Waals surface area contributed by atoms with Crippen molar-refractivity contribution in [3.05, 3.63) is 29.8 Å². The third-order valence-electron chi connectivity index (χ3n) is 3.90. The standard InChI is InChI=1S/C15H20F3NO2/c1-2-19-8-7-11(9-19)13(20)10-21-14-6-4-3-5-12(14)15(16,17)18/h3-6,11,13,20H,2,7-10H2,1H3. The highest BCUT2D eigenvalue weighted by Crippen LogP contribution is 2.36. The van der Waals surface area contributed by atoms with Gasteiger partial charge >= 0.3 is 6.18 Å². The van der Waals surface area contributed by atoms with Gasteiger partial charge in [0.1, 0.15) is 12.4 Å². The van der Waals surface area contributed by atoms with E-state index in [9.17, 15) is 18.3 Å². The van der Waals surface area contributed by atoms with Crippen LogP contribution in [0.25, 0.3) is 0 Å². The summed E-state index contributed by atoms with van der Waals surface area (Å²) in [5, 5.41) is 10.1. The van der Waals surface area contributed by atoms with Crippen LogP contribution in [0.2, 0.25) is 0 Å². The number of alkyl halides is 3. The normalized spacial score (nSPS) is 21.5. The van der Waals surface area contributed by atoms with E-state index in [2.05, 4.69) is 4.90 Å². The SMILES string of the molecule is CCN1CCC(C(O)COc2ccccc2C(F)(F)F)C1. The Bertz CT molecular complexity index is 464. The van der Waals surface area contributed by atoms with Gasteiger partial charge in [0.05, 0.1) is 11.7 Å². The Balaban J connectivity index is 1.94. The van der Waals surface area contributed by atoms with Gasteiger partial charge in [-0.05, 0) is 31.6 Å². The summed E-state index contributed by atoms with van der Waals surface area (Å²) in [6, 6.07) is 5.08. The van der Waals surface area contributed by atoms with E-state index in [1.54, 1.807) is 0 Å². The highest BCUT2D eigenvalue weighted by atomic mass is 19.4. The number of nitrogens with zero attached hydrogens (tertiary/aromatic N) is 1. The van der Waals surface area contributed by atoms with Crippen LogP contribution in [0.5, 0.6) is 5.75 Å². The quantitative estimate of drug-likeness (QED) is 0.908. The number of para-hydroxylation sites is 1. The Morgan fingerprint density at radius 2 is 2.10 bits per heavy atom. The van der Waals surface area contributed by atoms with Crippen molar-refractivity contribution in [1.29, 1.82) is 0 Å². The Labute approximate surface area is 122 Å². The predicted octanol–water partition coefficient (Wildman–Crippen LogP) is 2.79. The van der Waals surface area contributed by atoms with E-state index in [-0.39, 0.29) is 18.3 Å². The van der Waals surface area contributed by atoms with Gasteiger partial charge in [-0.15, -0.1) is 0 Å². The van der Waals surface area contributed by atoms with E-state index in [1.165, 1.54) is 18.2 Å². The number of ether oxygens (including phenoxy) is 1. The lowest BCUT2D eigenvalue weighted by Crippen LogP contribution is -2.30. The molecule has 1 fully saturated rings. The van der Waals surface area contributed by atoms with Crippen LogP contribution in [0, 0.1) is 5.92 Å². The zero-order chi connectivity index (χ0) is 15.5. The Morgan fingerprint density at radius 1 is 1.38 bits per heavy atom. The molecule has 6 heteroatoms. The first-order chi connectivity index (χ1) is 9.91. The lowest BCUT2D eigenvalue weighted by molar-refractivity contribution is -0.139. The molecule has 118 valence electrons. The molecule has 2 unspecified atom stereocenters. The van der Waals surface area contributed by atoms with Gasteiger partial charge in [0.15, 0.2) is 0 Å². The smallest absolute Gasteiger partial charge is 0.419 e. The molecule has 0 bridgehead atoms. The summed E-state index contributed by atoms with van der Waals surface area (Å²) in [6.45, 7) is 4.53. The van der Waals surface area contributed by atoms with Gasteiger partial charge in [0, 0.05) is 12.5 Å². The van der Waals surface area contributed by atoms with Crippen LogP contribution >= 0.6 is 0 Å². The van der Waals surface area contributed by atoms with Gasteiger partial charge in [-0.2, -0.15) is 13.2 Å². The molecule has 0 radical (unpaired) electrons. The van der Waals surface area contributed by atoms with Crippen LogP contribution in [0.4, 0.5) is 13.2 Å². The van der Waals surface area contributed by atoms with E-state index in [1.807, 2.05) is 6.92 Å². The second-order valence-electron chi connectivity index (χ2n) is 5.31. The molecule has 1 N–H and O–H groups in total. The minimum absolute atomic E-state index is 0.0583. The summed E-state index contributed by atoms with van der Waals surface area (Å²) in [5.74, 6) is -0.169. The molecule has 1 aromatic rings. The maximum atomic E-state index is 12.8. The summed E-state index contributed by atoms with van der Waals surface area (Å²) < 4.78 is 43.7. The van der Waals surface area contributed by atoms with Crippen molar-refractivity contribution in [3.63, 3.8) is 0 Å². The van der Waals surface area contributed by atoms with E-state index in [4.69, 9.17) is 4.74 Å². The Kier molecular flexibility index (Phi) is 5.11. The molecule has 0 saturated carbocycles. The first kappa shape index (κ1) is 16.1. The van der Waals surface area contributed by atoms with Crippen LogP contribution in [-0.4, -0.2) is 42.4 Å². The fraction of sp³-hybridized carbons (Fsp3) is 0.600. The molecule has 2 atom stereocenters. The summed E-state index contributed by atoms with van der Waals surface area (Å²) in [7, 11) is 0. The summed E-state index contributed by atoms with van der Waals surface area (Å²) in [4.78, 5) is 2.21. The third kappa shape index (κ3) is 4.11. The first-order valence-electron chi connectivity index (χ1n) is 7.11. The van der Waals surface area contributed by atoms with E-state index in [0.29, 0.717) is 0 Å². The van der Waals surface area contributed by atoms with Crippen molar-refractivity contribution in [2.45, 2.75) is 25.6 Å². The average Bonchev–Trinajstić information content (AvgIpc) is 2.93. The van der Waals surface area contributed by atoms with Crippen molar-refractivity contribution in [3.8, 4) is 5.75 Å². The number of hydrogen-bond donors (Lipinski definition) is 1. The molecule has 2 rings (SSSR count). The molecule has 0 spiro atoms. The van der Waals surface area contributed by atoms with Crippen LogP contribution < -0.4 is 4.74 Å².